The minimum atomic E-state index is -0.753. The lowest BCUT2D eigenvalue weighted by atomic mass is 10.0. The Balaban J connectivity index is 2.03. The van der Waals surface area contributed by atoms with Gasteiger partial charge in [-0.25, -0.2) is 9.78 Å². The first kappa shape index (κ1) is 22.0. The van der Waals surface area contributed by atoms with E-state index in [0.717, 1.165) is 36.9 Å². The average Bonchev–Trinajstić information content (AvgIpc) is 3.15. The van der Waals surface area contributed by atoms with Gasteiger partial charge in [0, 0.05) is 17.1 Å². The number of aromatic nitrogens is 1. The predicted octanol–water partition coefficient (Wildman–Crippen LogP) is 5.29. The minimum absolute atomic E-state index is 0.118. The van der Waals surface area contributed by atoms with Crippen molar-refractivity contribution in [2.75, 3.05) is 6.61 Å². The predicted molar refractivity (Wildman–Crippen MR) is 118 cm³/mol. The van der Waals surface area contributed by atoms with E-state index in [4.69, 9.17) is 13.9 Å². The van der Waals surface area contributed by atoms with Crippen molar-refractivity contribution < 1.29 is 18.7 Å². The summed E-state index contributed by atoms with van der Waals surface area (Å²) in [5.41, 5.74) is 2.50. The van der Waals surface area contributed by atoms with Crippen molar-refractivity contribution in [2.24, 2.45) is 0 Å². The number of fused-ring (bicyclic) bond motifs is 1. The monoisotopic (exact) mass is 429 g/mol. The fourth-order valence-corrected chi connectivity index (χ4v) is 4.00. The van der Waals surface area contributed by atoms with Crippen LogP contribution in [0.15, 0.2) is 33.0 Å². The van der Waals surface area contributed by atoms with E-state index in [9.17, 15) is 9.59 Å². The van der Waals surface area contributed by atoms with Crippen LogP contribution in [0, 0.1) is 6.92 Å². The van der Waals surface area contributed by atoms with Crippen LogP contribution >= 0.6 is 11.3 Å². The molecule has 30 heavy (non-hydrogen) atoms. The second kappa shape index (κ2) is 9.89. The summed E-state index contributed by atoms with van der Waals surface area (Å²) in [6.07, 6.45) is 4.54. The molecule has 3 rings (SSSR count). The van der Waals surface area contributed by atoms with Crippen LogP contribution < -0.4 is 10.2 Å². The highest BCUT2D eigenvalue weighted by molar-refractivity contribution is 7.13. The van der Waals surface area contributed by atoms with Gasteiger partial charge >= 0.3 is 5.97 Å². The standard InChI is InChI=1S/C23H27NO5S/c1-5-7-8-9-16-10-17-20(11-19(16)29-15(4)23(26)27-6-2)28-12-18(21(17)25)22-24-14(3)13-30-22/h10-13,15H,5-9H2,1-4H3/t15-/m1/s1. The molecule has 3 aromatic rings. The third-order valence-electron chi connectivity index (χ3n) is 4.78. The van der Waals surface area contributed by atoms with Crippen LogP contribution in [-0.4, -0.2) is 23.7 Å². The molecular weight excluding hydrogens is 402 g/mol. The van der Waals surface area contributed by atoms with Crippen molar-refractivity contribution in [1.82, 2.24) is 4.98 Å². The molecule has 0 spiro atoms. The second-order valence-electron chi connectivity index (χ2n) is 7.20. The quantitative estimate of drug-likeness (QED) is 0.340. The highest BCUT2D eigenvalue weighted by Crippen LogP contribution is 2.30. The maximum Gasteiger partial charge on any atom is 0.347 e. The molecule has 1 atom stereocenters. The van der Waals surface area contributed by atoms with E-state index in [1.807, 2.05) is 18.4 Å². The van der Waals surface area contributed by atoms with Crippen molar-refractivity contribution in [2.45, 2.75) is 59.5 Å². The largest absolute Gasteiger partial charge is 0.479 e. The Morgan fingerprint density at radius 3 is 2.73 bits per heavy atom. The van der Waals surface area contributed by atoms with E-state index in [1.165, 1.54) is 17.6 Å². The molecule has 0 aliphatic rings. The van der Waals surface area contributed by atoms with Crippen molar-refractivity contribution in [3.63, 3.8) is 0 Å². The molecule has 0 unspecified atom stereocenters. The van der Waals surface area contributed by atoms with Gasteiger partial charge in [-0.3, -0.25) is 4.79 Å². The van der Waals surface area contributed by atoms with Crippen LogP contribution in [0.5, 0.6) is 5.75 Å². The highest BCUT2D eigenvalue weighted by atomic mass is 32.1. The van der Waals surface area contributed by atoms with Gasteiger partial charge in [0.25, 0.3) is 0 Å². The maximum atomic E-state index is 13.1. The van der Waals surface area contributed by atoms with Crippen molar-refractivity contribution in [3.05, 3.63) is 45.3 Å². The summed E-state index contributed by atoms with van der Waals surface area (Å²) in [5, 5.41) is 3.04. The Labute approximate surface area is 179 Å². The summed E-state index contributed by atoms with van der Waals surface area (Å²) in [6.45, 7) is 7.73. The van der Waals surface area contributed by atoms with E-state index in [-0.39, 0.29) is 5.43 Å². The second-order valence-corrected chi connectivity index (χ2v) is 8.06. The zero-order valence-electron chi connectivity index (χ0n) is 17.8. The Morgan fingerprint density at radius 2 is 2.07 bits per heavy atom. The number of unbranched alkanes of at least 4 members (excludes halogenated alkanes) is 2. The van der Waals surface area contributed by atoms with Gasteiger partial charge in [-0.05, 0) is 45.2 Å². The molecule has 7 heteroatoms. The first-order valence-electron chi connectivity index (χ1n) is 10.3. The number of esters is 1. The van der Waals surface area contributed by atoms with Crippen LogP contribution in [0.3, 0.4) is 0 Å². The highest BCUT2D eigenvalue weighted by Gasteiger charge is 2.20. The minimum Gasteiger partial charge on any atom is -0.479 e. The van der Waals surface area contributed by atoms with E-state index >= 15 is 0 Å². The maximum absolute atomic E-state index is 13.1. The molecular formula is C23H27NO5S. The number of nitrogens with zero attached hydrogens (tertiary/aromatic N) is 1. The molecule has 2 aromatic heterocycles. The Kier molecular flexibility index (Phi) is 7.26. The van der Waals surface area contributed by atoms with Crippen LogP contribution in [0.4, 0.5) is 0 Å². The summed E-state index contributed by atoms with van der Waals surface area (Å²) in [7, 11) is 0. The fraction of sp³-hybridized carbons (Fsp3) is 0.435. The molecule has 0 saturated carbocycles. The lowest BCUT2D eigenvalue weighted by Crippen LogP contribution is -2.26. The Morgan fingerprint density at radius 1 is 1.27 bits per heavy atom. The number of rotatable bonds is 9. The van der Waals surface area contributed by atoms with Crippen LogP contribution in [0.1, 0.15) is 51.3 Å². The number of carbonyl (C=O) groups excluding carboxylic acids is 1. The molecule has 0 aliphatic heterocycles. The third-order valence-corrected chi connectivity index (χ3v) is 5.77. The Bertz CT molecular complexity index is 1080. The smallest absolute Gasteiger partial charge is 0.347 e. The van der Waals surface area contributed by atoms with Crippen molar-refractivity contribution in [1.29, 1.82) is 0 Å². The first-order valence-corrected chi connectivity index (χ1v) is 11.2. The lowest BCUT2D eigenvalue weighted by molar-refractivity contribution is -0.150. The molecule has 0 fully saturated rings. The van der Waals surface area contributed by atoms with Gasteiger partial charge in [0.05, 0.1) is 17.6 Å². The zero-order chi connectivity index (χ0) is 21.7. The number of ether oxygens (including phenoxy) is 2. The van der Waals surface area contributed by atoms with E-state index in [0.29, 0.717) is 33.9 Å². The molecule has 0 amide bonds. The summed E-state index contributed by atoms with van der Waals surface area (Å²) >= 11 is 1.42. The molecule has 6 nitrogen and oxygen atoms in total. The van der Waals surface area contributed by atoms with Gasteiger partial charge in [0.2, 0.25) is 5.43 Å². The number of hydrogen-bond acceptors (Lipinski definition) is 7. The van der Waals surface area contributed by atoms with Crippen LogP contribution in [0.25, 0.3) is 21.5 Å². The molecule has 0 N–H and O–H groups in total. The number of hydrogen-bond donors (Lipinski definition) is 0. The summed E-state index contributed by atoms with van der Waals surface area (Å²) in [5.74, 6) is 0.119. The van der Waals surface area contributed by atoms with Gasteiger partial charge < -0.3 is 13.9 Å². The molecule has 0 aliphatic carbocycles. The number of thiazole rings is 1. The average molecular weight is 430 g/mol. The van der Waals surface area contributed by atoms with Crippen molar-refractivity contribution >= 4 is 28.3 Å². The van der Waals surface area contributed by atoms with Crippen molar-refractivity contribution in [3.8, 4) is 16.3 Å². The van der Waals surface area contributed by atoms with E-state index < -0.39 is 12.1 Å². The third kappa shape index (κ3) is 4.90. The van der Waals surface area contributed by atoms with E-state index in [1.54, 1.807) is 19.9 Å². The summed E-state index contributed by atoms with van der Waals surface area (Å²) < 4.78 is 16.7. The van der Waals surface area contributed by atoms with E-state index in [2.05, 4.69) is 11.9 Å². The number of aryl methyl sites for hydroxylation is 2. The molecule has 160 valence electrons. The van der Waals surface area contributed by atoms with Gasteiger partial charge in [0.1, 0.15) is 22.6 Å². The van der Waals surface area contributed by atoms with Crippen LogP contribution in [0.2, 0.25) is 0 Å². The van der Waals surface area contributed by atoms with Gasteiger partial charge in [-0.1, -0.05) is 19.8 Å². The molecule has 1 aromatic carbocycles. The number of benzene rings is 1. The topological polar surface area (TPSA) is 78.6 Å². The molecule has 0 saturated heterocycles. The van der Waals surface area contributed by atoms with Gasteiger partial charge in [-0.15, -0.1) is 11.3 Å². The van der Waals surface area contributed by atoms with Gasteiger partial charge in [0.15, 0.2) is 6.10 Å². The van der Waals surface area contributed by atoms with Gasteiger partial charge in [-0.2, -0.15) is 0 Å². The number of carbonyl (C=O) groups is 1. The lowest BCUT2D eigenvalue weighted by Gasteiger charge is -2.17. The molecule has 2 heterocycles. The molecule has 0 bridgehead atoms. The van der Waals surface area contributed by atoms with Crippen LogP contribution in [-0.2, 0) is 16.0 Å². The Hall–Kier alpha value is -2.67. The summed E-state index contributed by atoms with van der Waals surface area (Å²) in [4.78, 5) is 29.6. The summed E-state index contributed by atoms with van der Waals surface area (Å²) in [6, 6.07) is 3.53. The molecule has 0 radical (unpaired) electrons. The first-order chi connectivity index (χ1) is 14.4. The normalized spacial score (nSPS) is 12.1. The SMILES string of the molecule is CCCCCc1cc2c(=O)c(-c3nc(C)cs3)coc2cc1O[C@H](C)C(=O)OCC. The fourth-order valence-electron chi connectivity index (χ4n) is 3.20. The zero-order valence-corrected chi connectivity index (χ0v) is 18.6.